The highest BCUT2D eigenvalue weighted by Gasteiger charge is 2.18. The average Bonchev–Trinajstić information content (AvgIpc) is 3.49. The monoisotopic (exact) mass is 646 g/mol. The van der Waals surface area contributed by atoms with Crippen molar-refractivity contribution in [3.05, 3.63) is 95.0 Å². The van der Waals surface area contributed by atoms with Gasteiger partial charge in [0.15, 0.2) is 10.3 Å². The molecule has 2 heterocycles. The smallest absolute Gasteiger partial charge is 0.255 e. The van der Waals surface area contributed by atoms with Crippen LogP contribution >= 0.6 is 45.9 Å². The van der Waals surface area contributed by atoms with Crippen LogP contribution in [0.5, 0.6) is 0 Å². The molecule has 0 spiro atoms. The number of aromatic nitrogens is 2. The summed E-state index contributed by atoms with van der Waals surface area (Å²) in [6.45, 7) is 0. The molecule has 2 aromatic heterocycles. The van der Waals surface area contributed by atoms with Crippen molar-refractivity contribution in [3.63, 3.8) is 0 Å². The quantitative estimate of drug-likeness (QED) is 0.186. The summed E-state index contributed by atoms with van der Waals surface area (Å²) in [7, 11) is -7.63. The first kappa shape index (κ1) is 26.9. The van der Waals surface area contributed by atoms with E-state index in [4.69, 9.17) is 23.2 Å². The number of sulfonamides is 2. The van der Waals surface area contributed by atoms with Crippen LogP contribution in [0.1, 0.15) is 0 Å². The molecule has 202 valence electrons. The van der Waals surface area contributed by atoms with Gasteiger partial charge in [-0.15, -0.1) is 0 Å². The molecule has 6 aromatic rings. The molecule has 4 aromatic carbocycles. The SMILES string of the molecule is O=S(=O)(Nc1nc2ccc(-c3ccc4nc(NS(=O)(=O)c5ccc(Cl)cc5)sc4c3)cc2s1)c1ccc(Cl)cc1. The summed E-state index contributed by atoms with van der Waals surface area (Å²) in [5.41, 5.74) is 3.09. The van der Waals surface area contributed by atoms with Crippen LogP contribution in [0, 0.1) is 0 Å². The Kier molecular flexibility index (Phi) is 6.93. The van der Waals surface area contributed by atoms with Gasteiger partial charge in [-0.2, -0.15) is 0 Å². The van der Waals surface area contributed by atoms with E-state index in [1.807, 2.05) is 36.4 Å². The van der Waals surface area contributed by atoms with Gasteiger partial charge in [0, 0.05) is 10.0 Å². The maximum absolute atomic E-state index is 12.7. The van der Waals surface area contributed by atoms with Crippen LogP contribution in [0.3, 0.4) is 0 Å². The normalized spacial score (nSPS) is 12.2. The standard InChI is InChI=1S/C26H16Cl2N4O4S4/c27-17-3-7-19(8-4-17)39(33,34)31-25-29-21-11-1-15(13-23(21)37-25)16-2-12-22-24(14-16)38-26(30-22)32-40(35,36)20-9-5-18(28)6-10-20/h1-14H,(H,29,31)(H,30,32). The third kappa shape index (κ3) is 5.51. The minimum Gasteiger partial charge on any atom is -0.255 e. The number of rotatable bonds is 7. The Morgan fingerprint density at radius 3 is 1.30 bits per heavy atom. The second-order valence-electron chi connectivity index (χ2n) is 8.52. The summed E-state index contributed by atoms with van der Waals surface area (Å²) in [4.78, 5) is 9.00. The van der Waals surface area contributed by atoms with Crippen LogP contribution in [-0.2, 0) is 20.0 Å². The Hall–Kier alpha value is -3.26. The van der Waals surface area contributed by atoms with Gasteiger partial charge in [0.25, 0.3) is 20.0 Å². The predicted octanol–water partition coefficient (Wildman–Crippen LogP) is 7.48. The molecule has 40 heavy (non-hydrogen) atoms. The second kappa shape index (κ2) is 10.3. The largest absolute Gasteiger partial charge is 0.263 e. The van der Waals surface area contributed by atoms with E-state index in [0.717, 1.165) is 20.5 Å². The topological polar surface area (TPSA) is 118 Å². The lowest BCUT2D eigenvalue weighted by Gasteiger charge is -2.04. The van der Waals surface area contributed by atoms with Gasteiger partial charge in [-0.05, 0) is 83.9 Å². The van der Waals surface area contributed by atoms with E-state index in [1.54, 1.807) is 0 Å². The van der Waals surface area contributed by atoms with E-state index in [9.17, 15) is 16.8 Å². The fraction of sp³-hybridized carbons (Fsp3) is 0. The van der Waals surface area contributed by atoms with E-state index >= 15 is 0 Å². The minimum atomic E-state index is -3.82. The lowest BCUT2D eigenvalue weighted by Crippen LogP contribution is -2.12. The van der Waals surface area contributed by atoms with Gasteiger partial charge in [0.1, 0.15) is 0 Å². The average molecular weight is 648 g/mol. The Labute approximate surface area is 247 Å². The first-order chi connectivity index (χ1) is 19.1. The molecule has 0 amide bonds. The van der Waals surface area contributed by atoms with Crippen molar-refractivity contribution in [1.29, 1.82) is 0 Å². The number of thiazole rings is 2. The van der Waals surface area contributed by atoms with Gasteiger partial charge < -0.3 is 0 Å². The highest BCUT2D eigenvalue weighted by atomic mass is 35.5. The fourth-order valence-electron chi connectivity index (χ4n) is 3.87. The van der Waals surface area contributed by atoms with Crippen molar-refractivity contribution in [1.82, 2.24) is 9.97 Å². The minimum absolute atomic E-state index is 0.0875. The molecule has 0 aliphatic rings. The van der Waals surface area contributed by atoms with Gasteiger partial charge in [0.05, 0.1) is 30.2 Å². The molecule has 0 fully saturated rings. The third-order valence-corrected chi connectivity index (χ3v) is 11.1. The highest BCUT2D eigenvalue weighted by molar-refractivity contribution is 7.93. The molecular weight excluding hydrogens is 631 g/mol. The van der Waals surface area contributed by atoms with E-state index in [1.165, 1.54) is 71.2 Å². The van der Waals surface area contributed by atoms with Crippen LogP contribution in [-0.4, -0.2) is 26.8 Å². The molecule has 0 aliphatic carbocycles. The number of nitrogens with zero attached hydrogens (tertiary/aromatic N) is 2. The molecule has 0 bridgehead atoms. The second-order valence-corrected chi connectivity index (χ2v) is 14.8. The lowest BCUT2D eigenvalue weighted by atomic mass is 10.1. The Balaban J connectivity index is 1.25. The number of halogens is 2. The number of benzene rings is 4. The van der Waals surface area contributed by atoms with Crippen molar-refractivity contribution in [3.8, 4) is 11.1 Å². The van der Waals surface area contributed by atoms with Crippen molar-refractivity contribution >= 4 is 96.6 Å². The summed E-state index contributed by atoms with van der Waals surface area (Å²) in [5, 5.41) is 1.38. The Morgan fingerprint density at radius 1 is 0.550 bits per heavy atom. The van der Waals surface area contributed by atoms with E-state index in [0.29, 0.717) is 21.1 Å². The lowest BCUT2D eigenvalue weighted by molar-refractivity contribution is 0.599. The molecule has 14 heteroatoms. The van der Waals surface area contributed by atoms with Crippen molar-refractivity contribution in [2.45, 2.75) is 9.79 Å². The maximum Gasteiger partial charge on any atom is 0.263 e. The molecule has 0 saturated heterocycles. The molecule has 8 nitrogen and oxygen atoms in total. The van der Waals surface area contributed by atoms with E-state index in [2.05, 4.69) is 19.4 Å². The fourth-order valence-corrected chi connectivity index (χ4v) is 8.40. The van der Waals surface area contributed by atoms with Crippen molar-refractivity contribution in [2.75, 3.05) is 9.44 Å². The molecule has 0 radical (unpaired) electrons. The van der Waals surface area contributed by atoms with Crippen molar-refractivity contribution < 1.29 is 16.8 Å². The molecule has 6 rings (SSSR count). The molecular formula is C26H16Cl2N4O4S4. The highest BCUT2D eigenvalue weighted by Crippen LogP contribution is 2.35. The van der Waals surface area contributed by atoms with E-state index < -0.39 is 20.0 Å². The Morgan fingerprint density at radius 2 is 0.925 bits per heavy atom. The van der Waals surface area contributed by atoms with Gasteiger partial charge in [0.2, 0.25) is 0 Å². The van der Waals surface area contributed by atoms with Gasteiger partial charge >= 0.3 is 0 Å². The third-order valence-electron chi connectivity index (χ3n) is 5.80. The zero-order chi connectivity index (χ0) is 28.1. The number of hydrogen-bond donors (Lipinski definition) is 2. The van der Waals surface area contributed by atoms with Gasteiger partial charge in [-0.1, -0.05) is 58.0 Å². The molecule has 2 N–H and O–H groups in total. The number of fused-ring (bicyclic) bond motifs is 2. The number of anilines is 2. The van der Waals surface area contributed by atoms with E-state index in [-0.39, 0.29) is 20.1 Å². The van der Waals surface area contributed by atoms with Crippen LogP contribution in [0.2, 0.25) is 10.0 Å². The van der Waals surface area contributed by atoms with Gasteiger partial charge in [-0.3, -0.25) is 9.44 Å². The first-order valence-electron chi connectivity index (χ1n) is 11.4. The summed E-state index contributed by atoms with van der Waals surface area (Å²) in [5.74, 6) is 0. The van der Waals surface area contributed by atoms with Crippen LogP contribution in [0.4, 0.5) is 10.3 Å². The summed E-state index contributed by atoms with van der Waals surface area (Å²) in [6, 6.07) is 23.1. The van der Waals surface area contributed by atoms with Crippen molar-refractivity contribution in [2.24, 2.45) is 0 Å². The van der Waals surface area contributed by atoms with Crippen LogP contribution < -0.4 is 9.44 Å². The summed E-state index contributed by atoms with van der Waals surface area (Å²) >= 11 is 14.2. The van der Waals surface area contributed by atoms with Crippen LogP contribution in [0.15, 0.2) is 94.7 Å². The zero-order valence-electron chi connectivity index (χ0n) is 20.0. The maximum atomic E-state index is 12.7. The summed E-state index contributed by atoms with van der Waals surface area (Å²) in [6.07, 6.45) is 0. The molecule has 0 unspecified atom stereocenters. The van der Waals surface area contributed by atoms with Gasteiger partial charge in [-0.25, -0.2) is 26.8 Å². The Bertz CT molecular complexity index is 1960. The molecule has 0 saturated carbocycles. The zero-order valence-corrected chi connectivity index (χ0v) is 24.8. The molecule has 0 atom stereocenters. The predicted molar refractivity (Wildman–Crippen MR) is 163 cm³/mol. The number of nitrogens with one attached hydrogen (secondary N) is 2. The summed E-state index contributed by atoms with van der Waals surface area (Å²) < 4.78 is 57.6. The number of hydrogen-bond acceptors (Lipinski definition) is 8. The molecule has 0 aliphatic heterocycles. The first-order valence-corrected chi connectivity index (χ1v) is 16.8. The van der Waals surface area contributed by atoms with Crippen LogP contribution in [0.25, 0.3) is 31.6 Å².